The zero-order chi connectivity index (χ0) is 32.7. The van der Waals surface area contributed by atoms with Gasteiger partial charge in [0.1, 0.15) is 0 Å². The molecule has 2 atom stereocenters. The van der Waals surface area contributed by atoms with Crippen LogP contribution in [-0.2, 0) is 0 Å². The summed E-state index contributed by atoms with van der Waals surface area (Å²) in [5.41, 5.74) is 11.9. The standard InChI is InChI=1S/C41H28BrN7/c42-29-3-1-25(2-4-29)38-30-5-7-32(46-30)39(26-13-19-43-20-14-26)34-9-11-36(48-34)41(28-17-23-45-24-18-28)37-12-10-35(49-37)40(27-15-21-44-22-16-27)33-8-6-31(38)47-33/h1-24,32,39,47-48H/b38-31-,40-33-,41-37-. The first-order chi connectivity index (χ1) is 24.2. The van der Waals surface area contributed by atoms with Crippen molar-refractivity contribution >= 4 is 44.1 Å². The van der Waals surface area contributed by atoms with Crippen LogP contribution < -0.4 is 10.7 Å². The minimum atomic E-state index is -0.149. The molecule has 5 aromatic heterocycles. The molecule has 2 N–H and O–H groups in total. The summed E-state index contributed by atoms with van der Waals surface area (Å²) in [7, 11) is 0. The summed E-state index contributed by atoms with van der Waals surface area (Å²) in [4.78, 5) is 31.3. The molecule has 7 nitrogen and oxygen atoms in total. The van der Waals surface area contributed by atoms with Gasteiger partial charge >= 0.3 is 0 Å². The second-order valence-electron chi connectivity index (χ2n) is 12.1. The summed E-state index contributed by atoms with van der Waals surface area (Å²) >= 11 is 3.62. The van der Waals surface area contributed by atoms with Crippen molar-refractivity contribution in [3.63, 3.8) is 0 Å². The molecular formula is C41H28BrN7. The minimum Gasteiger partial charge on any atom is -0.358 e. The number of benzene rings is 1. The number of aromatic amines is 2. The molecule has 6 aromatic rings. The molecule has 0 aliphatic carbocycles. The number of hydrogen-bond donors (Lipinski definition) is 2. The fraction of sp³-hybridized carbons (Fsp3) is 0.0488. The lowest BCUT2D eigenvalue weighted by molar-refractivity contribution is 0.694. The molecule has 9 rings (SSSR count). The first kappa shape index (κ1) is 29.2. The van der Waals surface area contributed by atoms with Crippen LogP contribution in [0.2, 0.25) is 0 Å². The zero-order valence-corrected chi connectivity index (χ0v) is 27.7. The Morgan fingerprint density at radius 2 is 1.14 bits per heavy atom. The Bertz CT molecular complexity index is 2490. The van der Waals surface area contributed by atoms with Gasteiger partial charge in [-0.15, -0.1) is 0 Å². The van der Waals surface area contributed by atoms with Gasteiger partial charge in [0.25, 0.3) is 0 Å². The number of H-pyrrole nitrogens is 2. The highest BCUT2D eigenvalue weighted by atomic mass is 79.9. The van der Waals surface area contributed by atoms with E-state index in [1.165, 1.54) is 0 Å². The Balaban J connectivity index is 1.38. The van der Waals surface area contributed by atoms with Gasteiger partial charge in [-0.25, -0.2) is 4.99 Å². The van der Waals surface area contributed by atoms with Crippen molar-refractivity contribution in [3.8, 4) is 0 Å². The first-order valence-corrected chi connectivity index (χ1v) is 16.9. The van der Waals surface area contributed by atoms with Crippen LogP contribution in [0.4, 0.5) is 0 Å². The van der Waals surface area contributed by atoms with E-state index in [1.807, 2.05) is 61.4 Å². The molecule has 8 bridgehead atoms. The van der Waals surface area contributed by atoms with Crippen molar-refractivity contribution in [1.29, 1.82) is 0 Å². The number of halogens is 1. The second kappa shape index (κ2) is 12.2. The maximum Gasteiger partial charge on any atom is 0.0814 e. The molecule has 0 saturated carbocycles. The average Bonchev–Trinajstić information content (AvgIpc) is 3.98. The van der Waals surface area contributed by atoms with E-state index in [1.54, 1.807) is 0 Å². The number of nitrogens with one attached hydrogen (secondary N) is 2. The van der Waals surface area contributed by atoms with Gasteiger partial charge in [0.05, 0.1) is 29.1 Å². The smallest absolute Gasteiger partial charge is 0.0814 e. The van der Waals surface area contributed by atoms with Gasteiger partial charge in [0.2, 0.25) is 0 Å². The van der Waals surface area contributed by atoms with E-state index in [4.69, 9.17) is 9.98 Å². The van der Waals surface area contributed by atoms with Gasteiger partial charge in [-0.2, -0.15) is 0 Å². The fourth-order valence-electron chi connectivity index (χ4n) is 6.95. The molecule has 0 saturated heterocycles. The van der Waals surface area contributed by atoms with Crippen LogP contribution in [0.15, 0.2) is 167 Å². The highest BCUT2D eigenvalue weighted by molar-refractivity contribution is 9.10. The summed E-state index contributed by atoms with van der Waals surface area (Å²) in [6.45, 7) is 0. The molecule has 1 aromatic carbocycles. The highest BCUT2D eigenvalue weighted by Gasteiger charge is 2.29. The van der Waals surface area contributed by atoms with Gasteiger partial charge in [0, 0.05) is 80.5 Å². The summed E-state index contributed by atoms with van der Waals surface area (Å²) in [5.74, 6) is -0.0720. The lowest BCUT2D eigenvalue weighted by atomic mass is 9.90. The van der Waals surface area contributed by atoms with Gasteiger partial charge in [0.15, 0.2) is 0 Å². The normalized spacial score (nSPS) is 21.9. The quantitative estimate of drug-likeness (QED) is 0.215. The molecule has 8 heterocycles. The number of aliphatic imine (C=N–C) groups is 2. The number of aromatic nitrogens is 5. The minimum absolute atomic E-state index is 0.0720. The molecule has 3 aliphatic heterocycles. The van der Waals surface area contributed by atoms with E-state index in [2.05, 4.69) is 126 Å². The van der Waals surface area contributed by atoms with Crippen molar-refractivity contribution in [3.05, 3.63) is 201 Å². The maximum absolute atomic E-state index is 5.44. The van der Waals surface area contributed by atoms with E-state index in [9.17, 15) is 0 Å². The summed E-state index contributed by atoms with van der Waals surface area (Å²) in [6, 6.07) is 29.1. The Morgan fingerprint density at radius 3 is 1.84 bits per heavy atom. The second-order valence-corrected chi connectivity index (χ2v) is 13.0. The molecule has 0 radical (unpaired) electrons. The van der Waals surface area contributed by atoms with Gasteiger partial charge < -0.3 is 9.97 Å². The third-order valence-electron chi connectivity index (χ3n) is 9.16. The lowest BCUT2D eigenvalue weighted by Crippen LogP contribution is -2.21. The third-order valence-corrected chi connectivity index (χ3v) is 9.69. The largest absolute Gasteiger partial charge is 0.358 e. The van der Waals surface area contributed by atoms with Crippen LogP contribution >= 0.6 is 15.9 Å². The van der Waals surface area contributed by atoms with E-state index in [-0.39, 0.29) is 12.0 Å². The van der Waals surface area contributed by atoms with Gasteiger partial charge in [-0.3, -0.25) is 19.9 Å². The molecule has 234 valence electrons. The SMILES string of the molecule is Brc1ccc(/C2=c3\cc/c([nH]3)=C(\c3ccncc3)C3=N/C(=C(/c4ccncc4)c4ccc([nH]4)C(c4ccncc4)C4C=CC2=N4)C=C3)cc1. The first-order valence-electron chi connectivity index (χ1n) is 16.1. The van der Waals surface area contributed by atoms with Gasteiger partial charge in [-0.1, -0.05) is 34.1 Å². The number of hydrogen-bond acceptors (Lipinski definition) is 5. The van der Waals surface area contributed by atoms with Crippen molar-refractivity contribution < 1.29 is 0 Å². The number of fused-ring (bicyclic) bond motifs is 6. The van der Waals surface area contributed by atoms with Crippen LogP contribution in [0.5, 0.6) is 0 Å². The van der Waals surface area contributed by atoms with E-state index in [0.717, 1.165) is 82.7 Å². The summed E-state index contributed by atoms with van der Waals surface area (Å²) in [5, 5.41) is 1.92. The predicted octanol–water partition coefficient (Wildman–Crippen LogP) is 6.68. The Kier molecular flexibility index (Phi) is 7.28. The van der Waals surface area contributed by atoms with Gasteiger partial charge in [-0.05, 0) is 113 Å². The number of nitrogens with zero attached hydrogens (tertiary/aromatic N) is 5. The average molecular weight is 699 g/mol. The molecule has 0 fully saturated rings. The highest BCUT2D eigenvalue weighted by Crippen LogP contribution is 2.37. The summed E-state index contributed by atoms with van der Waals surface area (Å²) in [6.07, 6.45) is 19.6. The van der Waals surface area contributed by atoms with Crippen molar-refractivity contribution in [2.75, 3.05) is 0 Å². The number of rotatable bonds is 4. The molecule has 8 heteroatoms. The zero-order valence-electron chi connectivity index (χ0n) is 26.1. The van der Waals surface area contributed by atoms with Crippen LogP contribution in [0, 0.1) is 0 Å². The molecule has 49 heavy (non-hydrogen) atoms. The van der Waals surface area contributed by atoms with Crippen molar-refractivity contribution in [1.82, 2.24) is 24.9 Å². The Labute approximate surface area is 290 Å². The topological polar surface area (TPSA) is 95.0 Å². The number of allylic oxidation sites excluding steroid dienone is 3. The molecule has 3 aliphatic rings. The fourth-order valence-corrected chi connectivity index (χ4v) is 7.21. The Morgan fingerprint density at radius 1 is 0.531 bits per heavy atom. The van der Waals surface area contributed by atoms with Crippen molar-refractivity contribution in [2.24, 2.45) is 9.98 Å². The van der Waals surface area contributed by atoms with E-state index >= 15 is 0 Å². The van der Waals surface area contributed by atoms with Crippen LogP contribution in [0.3, 0.4) is 0 Å². The van der Waals surface area contributed by atoms with Crippen molar-refractivity contribution in [2.45, 2.75) is 12.0 Å². The molecule has 2 unspecified atom stereocenters. The van der Waals surface area contributed by atoms with E-state index < -0.39 is 0 Å². The lowest BCUT2D eigenvalue weighted by Gasteiger charge is -2.20. The maximum atomic E-state index is 5.44. The van der Waals surface area contributed by atoms with Crippen LogP contribution in [0.25, 0.3) is 16.7 Å². The monoisotopic (exact) mass is 697 g/mol. The molecule has 0 spiro atoms. The Hall–Kier alpha value is -5.99. The number of pyridine rings is 3. The van der Waals surface area contributed by atoms with Crippen LogP contribution in [0.1, 0.15) is 39.6 Å². The molecule has 0 amide bonds. The molecular weight excluding hydrogens is 670 g/mol. The summed E-state index contributed by atoms with van der Waals surface area (Å²) < 4.78 is 1.02. The predicted molar refractivity (Wildman–Crippen MR) is 198 cm³/mol. The van der Waals surface area contributed by atoms with E-state index in [0.29, 0.717) is 0 Å². The van der Waals surface area contributed by atoms with Crippen LogP contribution in [-0.4, -0.2) is 42.4 Å². The third kappa shape index (κ3) is 5.36.